The monoisotopic (exact) mass is 332 g/mol. The van der Waals surface area contributed by atoms with Crippen LogP contribution in [0.4, 0.5) is 0 Å². The van der Waals surface area contributed by atoms with Gasteiger partial charge in [-0.25, -0.2) is 4.21 Å². The number of aliphatic hydroxyl groups is 1. The molecule has 0 aliphatic carbocycles. The second kappa shape index (κ2) is 7.44. The van der Waals surface area contributed by atoms with Crippen LogP contribution in [0.2, 0.25) is 0 Å². The first kappa shape index (κ1) is 17.2. The van der Waals surface area contributed by atoms with Crippen molar-refractivity contribution in [2.24, 2.45) is 0 Å². The Kier molecular flexibility index (Phi) is 5.58. The first-order valence-corrected chi connectivity index (χ1v) is 8.20. The molecule has 1 N–H and O–H groups in total. The summed E-state index contributed by atoms with van der Waals surface area (Å²) in [5, 5.41) is 10.5. The van der Waals surface area contributed by atoms with E-state index in [1.807, 2.05) is 19.1 Å². The van der Waals surface area contributed by atoms with Gasteiger partial charge < -0.3 is 14.6 Å². The molecule has 2 rings (SSSR count). The maximum atomic E-state index is 12.5. The van der Waals surface area contributed by atoms with Gasteiger partial charge in [-0.1, -0.05) is 30.3 Å². The quantitative estimate of drug-likeness (QED) is 0.881. The van der Waals surface area contributed by atoms with Crippen LogP contribution in [0.5, 0.6) is 11.5 Å². The first-order valence-electron chi connectivity index (χ1n) is 7.05. The Bertz CT molecular complexity index is 722. The van der Waals surface area contributed by atoms with E-state index in [1.165, 1.54) is 7.11 Å². The molecular formula is C18H20O4S. The van der Waals surface area contributed by atoms with Crippen LogP contribution in [0.25, 0.3) is 0 Å². The summed E-state index contributed by atoms with van der Waals surface area (Å²) in [6.07, 6.45) is -1.06. The zero-order valence-electron chi connectivity index (χ0n) is 13.4. The van der Waals surface area contributed by atoms with E-state index in [0.29, 0.717) is 22.0 Å². The van der Waals surface area contributed by atoms with Gasteiger partial charge in [-0.05, 0) is 36.8 Å². The molecule has 0 fully saturated rings. The van der Waals surface area contributed by atoms with Crippen LogP contribution in [0.3, 0.4) is 0 Å². The topological polar surface area (TPSA) is 55.8 Å². The zero-order chi connectivity index (χ0) is 17.0. The van der Waals surface area contributed by atoms with Gasteiger partial charge in [0.05, 0.1) is 25.0 Å². The van der Waals surface area contributed by atoms with Crippen molar-refractivity contribution in [1.29, 1.82) is 0 Å². The molecule has 122 valence electrons. The highest BCUT2D eigenvalue weighted by molar-refractivity contribution is 7.89. The molecule has 0 amide bonds. The minimum Gasteiger partial charge on any atom is -0.493 e. The third-order valence-corrected chi connectivity index (χ3v) is 4.90. The molecule has 0 spiro atoms. The van der Waals surface area contributed by atoms with E-state index in [9.17, 15) is 9.32 Å². The van der Waals surface area contributed by atoms with Gasteiger partial charge in [0.25, 0.3) is 0 Å². The van der Waals surface area contributed by atoms with Gasteiger partial charge in [-0.3, -0.25) is 0 Å². The second-order valence-electron chi connectivity index (χ2n) is 5.07. The average molecular weight is 332 g/mol. The van der Waals surface area contributed by atoms with Crippen LogP contribution < -0.4 is 9.47 Å². The number of rotatable bonds is 6. The SMILES string of the molecule is C=C([C@@H](O)c1ccc(OC)c(OC)c1)S(=O)c1ccc(C)cc1. The summed E-state index contributed by atoms with van der Waals surface area (Å²) in [4.78, 5) is 0.834. The highest BCUT2D eigenvalue weighted by Crippen LogP contribution is 2.33. The molecule has 1 unspecified atom stereocenters. The van der Waals surface area contributed by atoms with E-state index in [-0.39, 0.29) is 4.91 Å². The summed E-state index contributed by atoms with van der Waals surface area (Å²) >= 11 is 0. The number of benzene rings is 2. The smallest absolute Gasteiger partial charge is 0.161 e. The van der Waals surface area contributed by atoms with Crippen LogP contribution >= 0.6 is 0 Å². The average Bonchev–Trinajstić information content (AvgIpc) is 2.59. The molecule has 0 heterocycles. The van der Waals surface area contributed by atoms with E-state index >= 15 is 0 Å². The van der Waals surface area contributed by atoms with Gasteiger partial charge in [-0.2, -0.15) is 0 Å². The van der Waals surface area contributed by atoms with Gasteiger partial charge in [-0.15, -0.1) is 0 Å². The van der Waals surface area contributed by atoms with Crippen LogP contribution in [-0.4, -0.2) is 23.5 Å². The van der Waals surface area contributed by atoms with Gasteiger partial charge in [0.15, 0.2) is 11.5 Å². The van der Waals surface area contributed by atoms with E-state index in [4.69, 9.17) is 9.47 Å². The standard InChI is InChI=1S/C18H20O4S/c1-12-5-8-15(9-6-12)23(20)13(2)18(19)14-7-10-16(21-3)17(11-14)22-4/h5-11,18-19H,2H2,1,3-4H3/t18-,23?/m1/s1. The lowest BCUT2D eigenvalue weighted by molar-refractivity contribution is 0.223. The lowest BCUT2D eigenvalue weighted by atomic mass is 10.1. The number of ether oxygens (including phenoxy) is 2. The van der Waals surface area contributed by atoms with Crippen LogP contribution in [0.1, 0.15) is 17.2 Å². The number of aliphatic hydroxyl groups excluding tert-OH is 1. The summed E-state index contributed by atoms with van der Waals surface area (Å²) in [6.45, 7) is 5.76. The van der Waals surface area contributed by atoms with Crippen molar-refractivity contribution in [2.75, 3.05) is 14.2 Å². The fraction of sp³-hybridized carbons (Fsp3) is 0.222. The van der Waals surface area contributed by atoms with Crippen molar-refractivity contribution in [3.05, 3.63) is 65.1 Å². The third-order valence-electron chi connectivity index (χ3n) is 3.50. The molecule has 0 aliphatic rings. The van der Waals surface area contributed by atoms with E-state index in [2.05, 4.69) is 6.58 Å². The lowest BCUT2D eigenvalue weighted by Crippen LogP contribution is -2.07. The van der Waals surface area contributed by atoms with E-state index in [1.54, 1.807) is 37.4 Å². The highest BCUT2D eigenvalue weighted by Gasteiger charge is 2.20. The van der Waals surface area contributed by atoms with Crippen molar-refractivity contribution >= 4 is 10.8 Å². The highest BCUT2D eigenvalue weighted by atomic mass is 32.2. The Morgan fingerprint density at radius 2 is 1.70 bits per heavy atom. The molecule has 2 aromatic rings. The number of aryl methyl sites for hydroxylation is 1. The van der Waals surface area contributed by atoms with Crippen molar-refractivity contribution in [3.8, 4) is 11.5 Å². The molecule has 0 aliphatic heterocycles. The Morgan fingerprint density at radius 1 is 1.09 bits per heavy atom. The van der Waals surface area contributed by atoms with Crippen molar-refractivity contribution in [3.63, 3.8) is 0 Å². The molecule has 2 atom stereocenters. The number of methoxy groups -OCH3 is 2. The fourth-order valence-corrected chi connectivity index (χ4v) is 3.15. The Balaban J connectivity index is 2.25. The van der Waals surface area contributed by atoms with Gasteiger partial charge >= 0.3 is 0 Å². The summed E-state index contributed by atoms with van der Waals surface area (Å²) in [5.74, 6) is 1.06. The van der Waals surface area contributed by atoms with Crippen LogP contribution in [-0.2, 0) is 10.8 Å². The van der Waals surface area contributed by atoms with Crippen molar-refractivity contribution < 1.29 is 18.8 Å². The minimum atomic E-state index is -1.50. The van der Waals surface area contributed by atoms with Crippen molar-refractivity contribution in [2.45, 2.75) is 17.9 Å². The fourth-order valence-electron chi connectivity index (χ4n) is 2.12. The van der Waals surface area contributed by atoms with Crippen LogP contribution in [0, 0.1) is 6.92 Å². The zero-order valence-corrected chi connectivity index (χ0v) is 14.2. The summed E-state index contributed by atoms with van der Waals surface area (Å²) in [7, 11) is 1.56. The van der Waals surface area contributed by atoms with Crippen molar-refractivity contribution in [1.82, 2.24) is 0 Å². The van der Waals surface area contributed by atoms with Gasteiger partial charge in [0.1, 0.15) is 6.10 Å². The number of hydrogen-bond donors (Lipinski definition) is 1. The molecule has 0 saturated carbocycles. The molecular weight excluding hydrogens is 312 g/mol. The summed E-state index contributed by atoms with van der Waals surface area (Å²) < 4.78 is 22.9. The minimum absolute atomic E-state index is 0.223. The molecule has 4 nitrogen and oxygen atoms in total. The van der Waals surface area contributed by atoms with Crippen LogP contribution in [0.15, 0.2) is 58.8 Å². The largest absolute Gasteiger partial charge is 0.493 e. The van der Waals surface area contributed by atoms with E-state index < -0.39 is 16.9 Å². The van der Waals surface area contributed by atoms with Gasteiger partial charge in [0, 0.05) is 9.80 Å². The second-order valence-corrected chi connectivity index (χ2v) is 6.60. The summed E-state index contributed by atoms with van der Waals surface area (Å²) in [6, 6.07) is 12.4. The predicted octanol–water partition coefficient (Wildman–Crippen LogP) is 3.37. The maximum Gasteiger partial charge on any atom is 0.161 e. The normalized spacial score (nSPS) is 13.2. The van der Waals surface area contributed by atoms with E-state index in [0.717, 1.165) is 5.56 Å². The molecule has 2 aromatic carbocycles. The Hall–Kier alpha value is -2.11. The molecule has 0 saturated heterocycles. The van der Waals surface area contributed by atoms with Gasteiger partial charge in [0.2, 0.25) is 0 Å². The molecule has 23 heavy (non-hydrogen) atoms. The number of hydrogen-bond acceptors (Lipinski definition) is 4. The summed E-state index contributed by atoms with van der Waals surface area (Å²) in [5.41, 5.74) is 1.63. The first-order chi connectivity index (χ1) is 11.0. The molecule has 0 bridgehead atoms. The molecule has 5 heteroatoms. The third kappa shape index (κ3) is 3.81. The lowest BCUT2D eigenvalue weighted by Gasteiger charge is -2.16. The predicted molar refractivity (Wildman–Crippen MR) is 91.2 cm³/mol. The molecule has 0 radical (unpaired) electrons. The Morgan fingerprint density at radius 3 is 2.26 bits per heavy atom. The maximum absolute atomic E-state index is 12.5. The molecule has 0 aromatic heterocycles. The Labute approximate surface area is 138 Å².